The van der Waals surface area contributed by atoms with Crippen molar-refractivity contribution >= 4 is 27.3 Å². The molecule has 2 heterocycles. The maximum atomic E-state index is 12.9. The number of hydrogen-bond acceptors (Lipinski definition) is 5. The van der Waals surface area contributed by atoms with Gasteiger partial charge >= 0.3 is 0 Å². The lowest BCUT2D eigenvalue weighted by molar-refractivity contribution is -0.130. The summed E-state index contributed by atoms with van der Waals surface area (Å²) < 4.78 is 44.7. The number of thiophene rings is 1. The Labute approximate surface area is 168 Å². The Hall–Kier alpha value is -1.97. The molecule has 28 heavy (non-hydrogen) atoms. The van der Waals surface area contributed by atoms with Gasteiger partial charge in [-0.2, -0.15) is 4.31 Å². The first kappa shape index (κ1) is 20.8. The van der Waals surface area contributed by atoms with Crippen molar-refractivity contribution in [2.75, 3.05) is 33.3 Å². The first-order chi connectivity index (χ1) is 13.4. The molecule has 1 aromatic heterocycles. The van der Waals surface area contributed by atoms with E-state index in [1.54, 1.807) is 28.5 Å². The van der Waals surface area contributed by atoms with Gasteiger partial charge in [0.2, 0.25) is 5.91 Å². The summed E-state index contributed by atoms with van der Waals surface area (Å²) in [5.41, 5.74) is 0. The molecule has 1 atom stereocenters. The van der Waals surface area contributed by atoms with E-state index in [4.69, 9.17) is 4.74 Å². The van der Waals surface area contributed by atoms with Gasteiger partial charge in [-0.1, -0.05) is 6.07 Å². The van der Waals surface area contributed by atoms with E-state index in [1.165, 1.54) is 25.2 Å². The molecular weight excluding hydrogens is 403 g/mol. The first-order valence-electron chi connectivity index (χ1n) is 9.02. The molecule has 0 aliphatic carbocycles. The van der Waals surface area contributed by atoms with Crippen molar-refractivity contribution in [3.8, 4) is 5.75 Å². The van der Waals surface area contributed by atoms with Gasteiger partial charge in [0.15, 0.2) is 0 Å². The smallest absolute Gasteiger partial charge is 0.252 e. The molecule has 0 radical (unpaired) electrons. The Kier molecular flexibility index (Phi) is 6.69. The highest BCUT2D eigenvalue weighted by atomic mass is 32.2. The molecule has 1 unspecified atom stereocenters. The molecule has 1 amide bonds. The third-order valence-electron chi connectivity index (χ3n) is 4.76. The monoisotopic (exact) mass is 426 g/mol. The van der Waals surface area contributed by atoms with Crippen LogP contribution in [0.4, 0.5) is 4.39 Å². The maximum Gasteiger partial charge on any atom is 0.252 e. The topological polar surface area (TPSA) is 66.9 Å². The predicted octanol–water partition coefficient (Wildman–Crippen LogP) is 2.83. The zero-order valence-electron chi connectivity index (χ0n) is 15.6. The SMILES string of the molecule is CN(CC(=O)N1CCC(CCOc2ccc(F)cc2)C1)S(=O)(=O)c1cccs1. The molecule has 6 nitrogen and oxygen atoms in total. The Bertz CT molecular complexity index is 885. The van der Waals surface area contributed by atoms with Crippen molar-refractivity contribution < 1.29 is 22.3 Å². The quantitative estimate of drug-likeness (QED) is 0.651. The summed E-state index contributed by atoms with van der Waals surface area (Å²) in [4.78, 5) is 14.2. The van der Waals surface area contributed by atoms with E-state index in [0.717, 1.165) is 28.5 Å². The molecule has 0 spiro atoms. The first-order valence-corrected chi connectivity index (χ1v) is 11.3. The van der Waals surface area contributed by atoms with Crippen molar-refractivity contribution in [1.29, 1.82) is 0 Å². The lowest BCUT2D eigenvalue weighted by Crippen LogP contribution is -2.40. The van der Waals surface area contributed by atoms with Crippen LogP contribution in [0.5, 0.6) is 5.75 Å². The Morgan fingerprint density at radius 3 is 2.75 bits per heavy atom. The number of sulfonamides is 1. The van der Waals surface area contributed by atoms with Crippen molar-refractivity contribution in [3.63, 3.8) is 0 Å². The van der Waals surface area contributed by atoms with Gasteiger partial charge in [0.25, 0.3) is 10.0 Å². The average Bonchev–Trinajstić information content (AvgIpc) is 3.35. The highest BCUT2D eigenvalue weighted by Gasteiger charge is 2.30. The molecule has 2 aromatic rings. The molecule has 1 aliphatic rings. The molecular formula is C19H23FN2O4S2. The van der Waals surface area contributed by atoms with Crippen LogP contribution in [-0.2, 0) is 14.8 Å². The van der Waals surface area contributed by atoms with Crippen molar-refractivity contribution in [2.45, 2.75) is 17.1 Å². The van der Waals surface area contributed by atoms with Crippen LogP contribution in [0.2, 0.25) is 0 Å². The van der Waals surface area contributed by atoms with Gasteiger partial charge in [-0.25, -0.2) is 12.8 Å². The zero-order chi connectivity index (χ0) is 20.1. The lowest BCUT2D eigenvalue weighted by Gasteiger charge is -2.21. The van der Waals surface area contributed by atoms with Crippen LogP contribution in [-0.4, -0.2) is 56.8 Å². The fourth-order valence-electron chi connectivity index (χ4n) is 3.11. The number of likely N-dealkylation sites (N-methyl/N-ethyl adjacent to an activating group) is 1. The molecule has 1 aliphatic heterocycles. The van der Waals surface area contributed by atoms with Crippen LogP contribution in [0.15, 0.2) is 46.0 Å². The van der Waals surface area contributed by atoms with Gasteiger partial charge < -0.3 is 9.64 Å². The summed E-state index contributed by atoms with van der Waals surface area (Å²) in [6.07, 6.45) is 1.64. The van der Waals surface area contributed by atoms with Gasteiger partial charge in [-0.05, 0) is 54.5 Å². The van der Waals surface area contributed by atoms with E-state index >= 15 is 0 Å². The van der Waals surface area contributed by atoms with E-state index in [0.29, 0.717) is 31.4 Å². The van der Waals surface area contributed by atoms with Crippen molar-refractivity contribution in [3.05, 3.63) is 47.6 Å². The maximum absolute atomic E-state index is 12.9. The molecule has 1 aromatic carbocycles. The largest absolute Gasteiger partial charge is 0.494 e. The van der Waals surface area contributed by atoms with E-state index in [1.807, 2.05) is 0 Å². The molecule has 152 valence electrons. The minimum Gasteiger partial charge on any atom is -0.494 e. The molecule has 0 bridgehead atoms. The van der Waals surface area contributed by atoms with E-state index in [2.05, 4.69) is 0 Å². The summed E-state index contributed by atoms with van der Waals surface area (Å²) in [7, 11) is -2.20. The lowest BCUT2D eigenvalue weighted by atomic mass is 10.1. The fraction of sp³-hybridized carbons (Fsp3) is 0.421. The number of nitrogens with zero attached hydrogens (tertiary/aromatic N) is 2. The van der Waals surface area contributed by atoms with E-state index < -0.39 is 10.0 Å². The predicted molar refractivity (Wildman–Crippen MR) is 105 cm³/mol. The average molecular weight is 427 g/mol. The number of carbonyl (C=O) groups is 1. The van der Waals surface area contributed by atoms with Gasteiger partial charge in [0.1, 0.15) is 15.8 Å². The molecule has 1 fully saturated rings. The van der Waals surface area contributed by atoms with Crippen LogP contribution in [0.25, 0.3) is 0 Å². The number of rotatable bonds is 8. The molecule has 1 saturated heterocycles. The number of ether oxygens (including phenoxy) is 1. The van der Waals surface area contributed by atoms with Gasteiger partial charge in [0.05, 0.1) is 13.2 Å². The number of amides is 1. The number of benzene rings is 1. The molecule has 0 N–H and O–H groups in total. The third-order valence-corrected chi connectivity index (χ3v) is 7.94. The van der Waals surface area contributed by atoms with Crippen LogP contribution in [0, 0.1) is 11.7 Å². The number of carbonyl (C=O) groups excluding carboxylic acids is 1. The summed E-state index contributed by atoms with van der Waals surface area (Å²) in [5.74, 6) is 0.435. The van der Waals surface area contributed by atoms with Gasteiger partial charge in [-0.15, -0.1) is 11.3 Å². The summed E-state index contributed by atoms with van der Waals surface area (Å²) in [6.45, 7) is 1.54. The Morgan fingerprint density at radius 2 is 2.07 bits per heavy atom. The fourth-order valence-corrected chi connectivity index (χ4v) is 5.43. The number of hydrogen-bond donors (Lipinski definition) is 0. The second-order valence-electron chi connectivity index (χ2n) is 6.78. The highest BCUT2D eigenvalue weighted by molar-refractivity contribution is 7.91. The minimum atomic E-state index is -3.62. The zero-order valence-corrected chi connectivity index (χ0v) is 17.2. The van der Waals surface area contributed by atoms with Gasteiger partial charge in [0, 0.05) is 20.1 Å². The summed E-state index contributed by atoms with van der Waals surface area (Å²) >= 11 is 1.14. The summed E-state index contributed by atoms with van der Waals surface area (Å²) in [6, 6.07) is 9.09. The van der Waals surface area contributed by atoms with E-state index in [9.17, 15) is 17.6 Å². The van der Waals surface area contributed by atoms with Gasteiger partial charge in [-0.3, -0.25) is 4.79 Å². The van der Waals surface area contributed by atoms with Crippen molar-refractivity contribution in [1.82, 2.24) is 9.21 Å². The molecule has 3 rings (SSSR count). The second kappa shape index (κ2) is 9.02. The minimum absolute atomic E-state index is 0.168. The third kappa shape index (κ3) is 5.09. The van der Waals surface area contributed by atoms with Crippen LogP contribution in [0.1, 0.15) is 12.8 Å². The number of halogens is 1. The Balaban J connectivity index is 1.44. The standard InChI is InChI=1S/C19H23FN2O4S2/c1-21(28(24,25)19-3-2-12-27-19)14-18(23)22-10-8-15(13-22)9-11-26-17-6-4-16(20)5-7-17/h2-7,12,15H,8-11,13-14H2,1H3. The summed E-state index contributed by atoms with van der Waals surface area (Å²) in [5, 5.41) is 1.70. The van der Waals surface area contributed by atoms with Crippen molar-refractivity contribution in [2.24, 2.45) is 5.92 Å². The molecule has 9 heteroatoms. The highest BCUT2D eigenvalue weighted by Crippen LogP contribution is 2.23. The normalized spacial score (nSPS) is 17.2. The van der Waals surface area contributed by atoms with Crippen LogP contribution in [0.3, 0.4) is 0 Å². The van der Waals surface area contributed by atoms with Crippen LogP contribution < -0.4 is 4.74 Å². The number of likely N-dealkylation sites (tertiary alicyclic amines) is 1. The molecule has 0 saturated carbocycles. The second-order valence-corrected chi connectivity index (χ2v) is 10.00. The van der Waals surface area contributed by atoms with E-state index in [-0.39, 0.29) is 22.5 Å². The van der Waals surface area contributed by atoms with Crippen LogP contribution >= 0.6 is 11.3 Å². The Morgan fingerprint density at radius 1 is 1.32 bits per heavy atom.